The lowest BCUT2D eigenvalue weighted by atomic mass is 10.0. The maximum Gasteiger partial charge on any atom is 0.161 e. The third-order valence-corrected chi connectivity index (χ3v) is 5.21. The zero-order chi connectivity index (χ0) is 14.4. The molecule has 0 radical (unpaired) electrons. The molecule has 0 N–H and O–H groups in total. The molecule has 0 saturated heterocycles. The fourth-order valence-corrected chi connectivity index (χ4v) is 3.95. The Morgan fingerprint density at radius 1 is 1.15 bits per heavy atom. The van der Waals surface area contributed by atoms with Gasteiger partial charge >= 0.3 is 0 Å². The van der Waals surface area contributed by atoms with Gasteiger partial charge in [-0.05, 0) is 30.5 Å². The van der Waals surface area contributed by atoms with E-state index in [0.29, 0.717) is 16.7 Å². The van der Waals surface area contributed by atoms with Crippen LogP contribution in [0.1, 0.15) is 42.9 Å². The minimum Gasteiger partial charge on any atom is -0.493 e. The van der Waals surface area contributed by atoms with Crippen molar-refractivity contribution in [3.05, 3.63) is 23.8 Å². The molecule has 1 fully saturated rings. The molecule has 1 unspecified atom stereocenters. The SMILES string of the molecule is COc1ccc(C(C#N)SC2CCCCC2)cc1OC. The Morgan fingerprint density at radius 3 is 2.45 bits per heavy atom. The van der Waals surface area contributed by atoms with E-state index in [1.165, 1.54) is 32.1 Å². The van der Waals surface area contributed by atoms with E-state index in [1.54, 1.807) is 26.0 Å². The van der Waals surface area contributed by atoms with Gasteiger partial charge in [0.1, 0.15) is 5.25 Å². The van der Waals surface area contributed by atoms with Crippen molar-refractivity contribution in [3.63, 3.8) is 0 Å². The quantitative estimate of drug-likeness (QED) is 0.809. The number of hydrogen-bond acceptors (Lipinski definition) is 4. The first-order chi connectivity index (χ1) is 9.78. The van der Waals surface area contributed by atoms with E-state index in [-0.39, 0.29) is 5.25 Å². The highest BCUT2D eigenvalue weighted by Gasteiger charge is 2.21. The molecular formula is C16H21NO2S. The molecule has 1 atom stereocenters. The van der Waals surface area contributed by atoms with Crippen LogP contribution in [0.15, 0.2) is 18.2 Å². The Bertz CT molecular complexity index is 478. The predicted molar refractivity (Wildman–Crippen MR) is 82.4 cm³/mol. The van der Waals surface area contributed by atoms with E-state index in [2.05, 4.69) is 6.07 Å². The van der Waals surface area contributed by atoms with Crippen molar-refractivity contribution in [2.75, 3.05) is 14.2 Å². The molecule has 1 aromatic carbocycles. The summed E-state index contributed by atoms with van der Waals surface area (Å²) >= 11 is 1.79. The average molecular weight is 291 g/mol. The average Bonchev–Trinajstić information content (AvgIpc) is 2.53. The van der Waals surface area contributed by atoms with Crippen LogP contribution in [-0.4, -0.2) is 19.5 Å². The molecule has 0 amide bonds. The maximum absolute atomic E-state index is 9.46. The second kappa shape index (κ2) is 7.44. The van der Waals surface area contributed by atoms with Gasteiger partial charge in [0.25, 0.3) is 0 Å². The molecule has 0 aromatic heterocycles. The molecule has 4 heteroatoms. The highest BCUT2D eigenvalue weighted by Crippen LogP contribution is 2.40. The summed E-state index contributed by atoms with van der Waals surface area (Å²) in [7, 11) is 3.24. The summed E-state index contributed by atoms with van der Waals surface area (Å²) in [4.78, 5) is 0. The first-order valence-corrected chi connectivity index (χ1v) is 7.99. The number of nitriles is 1. The van der Waals surface area contributed by atoms with Gasteiger partial charge < -0.3 is 9.47 Å². The highest BCUT2D eigenvalue weighted by atomic mass is 32.2. The van der Waals surface area contributed by atoms with Crippen LogP contribution in [-0.2, 0) is 0 Å². The van der Waals surface area contributed by atoms with Crippen LogP contribution in [0.4, 0.5) is 0 Å². The summed E-state index contributed by atoms with van der Waals surface area (Å²) in [5, 5.41) is 9.94. The van der Waals surface area contributed by atoms with E-state index < -0.39 is 0 Å². The Morgan fingerprint density at radius 2 is 1.85 bits per heavy atom. The van der Waals surface area contributed by atoms with Crippen molar-refractivity contribution in [1.29, 1.82) is 5.26 Å². The minimum absolute atomic E-state index is 0.127. The fraction of sp³-hybridized carbons (Fsp3) is 0.562. The van der Waals surface area contributed by atoms with Gasteiger partial charge in [-0.2, -0.15) is 5.26 Å². The Labute approximate surface area is 125 Å². The summed E-state index contributed by atoms with van der Waals surface area (Å²) in [5.74, 6) is 1.39. The highest BCUT2D eigenvalue weighted by molar-refractivity contribution is 8.00. The topological polar surface area (TPSA) is 42.2 Å². The second-order valence-corrected chi connectivity index (χ2v) is 6.43. The third-order valence-electron chi connectivity index (χ3n) is 3.71. The van der Waals surface area contributed by atoms with Crippen LogP contribution < -0.4 is 9.47 Å². The summed E-state index contributed by atoms with van der Waals surface area (Å²) in [5.41, 5.74) is 1.00. The first kappa shape index (κ1) is 15.1. The van der Waals surface area contributed by atoms with Crippen molar-refractivity contribution < 1.29 is 9.47 Å². The van der Waals surface area contributed by atoms with Crippen molar-refractivity contribution >= 4 is 11.8 Å². The minimum atomic E-state index is -0.127. The van der Waals surface area contributed by atoms with Gasteiger partial charge in [-0.3, -0.25) is 0 Å². The maximum atomic E-state index is 9.46. The van der Waals surface area contributed by atoms with E-state index in [9.17, 15) is 5.26 Å². The van der Waals surface area contributed by atoms with Crippen LogP contribution in [0.3, 0.4) is 0 Å². The summed E-state index contributed by atoms with van der Waals surface area (Å²) in [6.07, 6.45) is 6.39. The number of benzene rings is 1. The third kappa shape index (κ3) is 3.61. The number of nitrogens with zero attached hydrogens (tertiary/aromatic N) is 1. The Kier molecular flexibility index (Phi) is 5.60. The van der Waals surface area contributed by atoms with Gasteiger partial charge in [-0.15, -0.1) is 11.8 Å². The van der Waals surface area contributed by atoms with Crippen LogP contribution in [0, 0.1) is 11.3 Å². The number of ether oxygens (including phenoxy) is 2. The van der Waals surface area contributed by atoms with Crippen molar-refractivity contribution in [2.45, 2.75) is 42.6 Å². The molecule has 20 heavy (non-hydrogen) atoms. The summed E-state index contributed by atoms with van der Waals surface area (Å²) in [6, 6.07) is 8.18. The van der Waals surface area contributed by atoms with Gasteiger partial charge in [0.15, 0.2) is 11.5 Å². The molecule has 1 aliphatic carbocycles. The van der Waals surface area contributed by atoms with Crippen LogP contribution in [0.2, 0.25) is 0 Å². The van der Waals surface area contributed by atoms with Crippen LogP contribution >= 0.6 is 11.8 Å². The number of rotatable bonds is 5. The van der Waals surface area contributed by atoms with E-state index in [0.717, 1.165) is 5.56 Å². The molecule has 0 spiro atoms. The Hall–Kier alpha value is -1.34. The van der Waals surface area contributed by atoms with Crippen molar-refractivity contribution in [1.82, 2.24) is 0 Å². The fourth-order valence-electron chi connectivity index (χ4n) is 2.59. The van der Waals surface area contributed by atoms with Gasteiger partial charge in [0.05, 0.1) is 20.3 Å². The monoisotopic (exact) mass is 291 g/mol. The normalized spacial score (nSPS) is 17.2. The standard InChI is InChI=1S/C16H21NO2S/c1-18-14-9-8-12(10-15(14)19-2)16(11-17)20-13-6-4-3-5-7-13/h8-10,13,16H,3-7H2,1-2H3. The largest absolute Gasteiger partial charge is 0.493 e. The molecule has 1 saturated carbocycles. The first-order valence-electron chi connectivity index (χ1n) is 7.05. The molecular weight excluding hydrogens is 270 g/mol. The number of hydrogen-bond donors (Lipinski definition) is 0. The Balaban J connectivity index is 2.12. The summed E-state index contributed by atoms with van der Waals surface area (Å²) in [6.45, 7) is 0. The lowest BCUT2D eigenvalue weighted by molar-refractivity contribution is 0.354. The van der Waals surface area contributed by atoms with Gasteiger partial charge in [0.2, 0.25) is 0 Å². The van der Waals surface area contributed by atoms with Crippen molar-refractivity contribution in [2.24, 2.45) is 0 Å². The lowest BCUT2D eigenvalue weighted by Crippen LogP contribution is -2.10. The molecule has 0 heterocycles. The molecule has 108 valence electrons. The molecule has 1 aliphatic rings. The van der Waals surface area contributed by atoms with E-state index in [4.69, 9.17) is 9.47 Å². The summed E-state index contributed by atoms with van der Waals surface area (Å²) < 4.78 is 10.6. The molecule has 2 rings (SSSR count). The molecule has 3 nitrogen and oxygen atoms in total. The van der Waals surface area contributed by atoms with Crippen LogP contribution in [0.5, 0.6) is 11.5 Å². The van der Waals surface area contributed by atoms with Gasteiger partial charge in [-0.25, -0.2) is 0 Å². The van der Waals surface area contributed by atoms with Crippen LogP contribution in [0.25, 0.3) is 0 Å². The molecule has 1 aromatic rings. The number of methoxy groups -OCH3 is 2. The van der Waals surface area contributed by atoms with E-state index in [1.807, 2.05) is 18.2 Å². The zero-order valence-corrected chi connectivity index (χ0v) is 12.9. The smallest absolute Gasteiger partial charge is 0.161 e. The molecule has 0 bridgehead atoms. The second-order valence-electron chi connectivity index (χ2n) is 5.02. The molecule has 0 aliphatic heterocycles. The van der Waals surface area contributed by atoms with E-state index >= 15 is 0 Å². The zero-order valence-electron chi connectivity index (χ0n) is 12.1. The lowest BCUT2D eigenvalue weighted by Gasteiger charge is -2.23. The van der Waals surface area contributed by atoms with Crippen molar-refractivity contribution in [3.8, 4) is 17.6 Å². The number of thioether (sulfide) groups is 1. The van der Waals surface area contributed by atoms with Gasteiger partial charge in [-0.1, -0.05) is 25.3 Å². The predicted octanol–water partition coefficient (Wildman–Crippen LogP) is 4.33. The van der Waals surface area contributed by atoms with Gasteiger partial charge in [0, 0.05) is 5.25 Å².